The summed E-state index contributed by atoms with van der Waals surface area (Å²) in [5.41, 5.74) is 14.6. The number of nitrogens with zero attached hydrogens (tertiary/aromatic N) is 3. The summed E-state index contributed by atoms with van der Waals surface area (Å²) in [7, 11) is 1.66. The highest BCUT2D eigenvalue weighted by molar-refractivity contribution is 6.31. The maximum Gasteiger partial charge on any atom is 0.354 e. The first-order valence-electron chi connectivity index (χ1n) is 14.2. The Labute approximate surface area is 256 Å². The van der Waals surface area contributed by atoms with Gasteiger partial charge in [0.25, 0.3) is 0 Å². The molecule has 6 N–H and O–H groups in total. The van der Waals surface area contributed by atoms with Crippen molar-refractivity contribution in [1.29, 1.82) is 0 Å². The first kappa shape index (κ1) is 33.7. The lowest BCUT2D eigenvalue weighted by atomic mass is 10.0. The Kier molecular flexibility index (Phi) is 13.1. The van der Waals surface area contributed by atoms with Gasteiger partial charge in [0, 0.05) is 30.8 Å². The van der Waals surface area contributed by atoms with E-state index in [2.05, 4.69) is 33.4 Å². The second kappa shape index (κ2) is 16.7. The van der Waals surface area contributed by atoms with Crippen LogP contribution in [-0.2, 0) is 11.2 Å². The number of nitrogens with two attached hydrogens (primary N) is 2. The molecule has 2 aromatic heterocycles. The summed E-state index contributed by atoms with van der Waals surface area (Å²) in [4.78, 5) is 24.5. The van der Waals surface area contributed by atoms with Crippen molar-refractivity contribution in [3.05, 3.63) is 94.3 Å². The van der Waals surface area contributed by atoms with Gasteiger partial charge in [-0.2, -0.15) is 4.98 Å². The molecule has 0 saturated carbocycles. The molecule has 9 nitrogen and oxygen atoms in total. The van der Waals surface area contributed by atoms with E-state index in [0.717, 1.165) is 43.4 Å². The van der Waals surface area contributed by atoms with Crippen molar-refractivity contribution in [2.75, 3.05) is 33.4 Å². The molecule has 11 heteroatoms. The standard InChI is InChI=1S/C30H37ClFN7O2.C2H4/c1-19(34)35-12-5-13-36-27(18-41-2)21-7-9-23(10-8-21)39-17-22-16-26(37-29(22)38-30(39)40)24-14-20(6-3-4-11-33)15-25(31)28(24)32;1-2/h7-10,14-17,27,36H,3-6,11-13,18,33H2,1-2H3,(H2,34,35)(H,37,38,40);1-2H2. The lowest BCUT2D eigenvalue weighted by molar-refractivity contribution is 0.167. The molecule has 0 fully saturated rings. The predicted molar refractivity (Wildman–Crippen MR) is 175 cm³/mol. The van der Waals surface area contributed by atoms with E-state index in [9.17, 15) is 4.79 Å². The number of hydrogen-bond acceptors (Lipinski definition) is 6. The van der Waals surface area contributed by atoms with Crippen molar-refractivity contribution in [3.63, 3.8) is 0 Å². The predicted octanol–water partition coefficient (Wildman–Crippen LogP) is 5.30. The molecule has 0 saturated heterocycles. The molecule has 0 aliphatic carbocycles. The van der Waals surface area contributed by atoms with Crippen LogP contribution in [-0.4, -0.2) is 53.7 Å². The fourth-order valence-corrected chi connectivity index (χ4v) is 4.94. The van der Waals surface area contributed by atoms with Gasteiger partial charge in [-0.15, -0.1) is 13.2 Å². The second-order valence-corrected chi connectivity index (χ2v) is 10.4. The Morgan fingerprint density at radius 3 is 2.63 bits per heavy atom. The number of halogens is 2. The fourth-order valence-electron chi connectivity index (χ4n) is 4.70. The maximum atomic E-state index is 15.0. The van der Waals surface area contributed by atoms with Crippen LogP contribution in [0.5, 0.6) is 0 Å². The molecule has 0 aliphatic rings. The van der Waals surface area contributed by atoms with Gasteiger partial charge in [0.2, 0.25) is 0 Å². The number of aryl methyl sites for hydroxylation is 1. The van der Waals surface area contributed by atoms with E-state index in [1.165, 1.54) is 4.57 Å². The van der Waals surface area contributed by atoms with Crippen LogP contribution in [0.1, 0.15) is 43.4 Å². The second-order valence-electron chi connectivity index (χ2n) is 10.00. The summed E-state index contributed by atoms with van der Waals surface area (Å²) in [5, 5.41) is 4.21. The molecule has 2 heterocycles. The van der Waals surface area contributed by atoms with Gasteiger partial charge in [0.05, 0.1) is 34.9 Å². The summed E-state index contributed by atoms with van der Waals surface area (Å²) in [6.45, 7) is 10.3. The average molecular weight is 610 g/mol. The number of aliphatic imine (C=N–C) groups is 1. The minimum atomic E-state index is -0.520. The topological polar surface area (TPSA) is 136 Å². The first-order chi connectivity index (χ1) is 20.8. The van der Waals surface area contributed by atoms with E-state index in [1.54, 1.807) is 38.4 Å². The van der Waals surface area contributed by atoms with Crippen molar-refractivity contribution >= 4 is 28.5 Å². The molecule has 4 aromatic rings. The number of aromatic nitrogens is 3. The number of methoxy groups -OCH3 is 1. The van der Waals surface area contributed by atoms with Gasteiger partial charge in [0.15, 0.2) is 5.82 Å². The lowest BCUT2D eigenvalue weighted by Crippen LogP contribution is -2.27. The average Bonchev–Trinajstić information content (AvgIpc) is 3.41. The number of amidine groups is 1. The number of rotatable bonds is 14. The van der Waals surface area contributed by atoms with Crippen LogP contribution in [0.25, 0.3) is 28.0 Å². The number of ether oxygens (including phenoxy) is 1. The van der Waals surface area contributed by atoms with E-state index >= 15 is 4.39 Å². The Hall–Kier alpha value is -3.83. The normalized spacial score (nSPS) is 12.3. The van der Waals surface area contributed by atoms with Gasteiger partial charge >= 0.3 is 5.69 Å². The number of hydrogen-bond donors (Lipinski definition) is 4. The number of aromatic amines is 1. The summed E-state index contributed by atoms with van der Waals surface area (Å²) >= 11 is 6.21. The Morgan fingerprint density at radius 2 is 1.95 bits per heavy atom. The molecule has 43 heavy (non-hydrogen) atoms. The van der Waals surface area contributed by atoms with E-state index < -0.39 is 11.5 Å². The van der Waals surface area contributed by atoms with Crippen molar-refractivity contribution in [2.24, 2.45) is 16.5 Å². The van der Waals surface area contributed by atoms with Gasteiger partial charge in [-0.25, -0.2) is 9.18 Å². The Bertz CT molecular complexity index is 1560. The molecule has 0 amide bonds. The van der Waals surface area contributed by atoms with E-state index in [-0.39, 0.29) is 11.1 Å². The first-order valence-corrected chi connectivity index (χ1v) is 14.6. The van der Waals surface area contributed by atoms with Crippen molar-refractivity contribution < 1.29 is 9.13 Å². The molecule has 0 bridgehead atoms. The van der Waals surface area contributed by atoms with Gasteiger partial charge in [-0.05, 0) is 87.2 Å². The zero-order chi connectivity index (χ0) is 31.4. The molecule has 0 radical (unpaired) electrons. The lowest BCUT2D eigenvalue weighted by Gasteiger charge is -2.19. The number of unbranched alkanes of at least 4 members (excludes halogenated alkanes) is 1. The number of H-pyrrole nitrogens is 1. The largest absolute Gasteiger partial charge is 0.388 e. The summed E-state index contributed by atoms with van der Waals surface area (Å²) < 4.78 is 21.9. The zero-order valence-electron chi connectivity index (χ0n) is 24.8. The van der Waals surface area contributed by atoms with Crippen molar-refractivity contribution in [3.8, 4) is 16.9 Å². The van der Waals surface area contributed by atoms with Gasteiger partial charge in [-0.3, -0.25) is 9.56 Å². The van der Waals surface area contributed by atoms with Crippen LogP contribution in [0, 0.1) is 5.82 Å². The third-order valence-electron chi connectivity index (χ3n) is 6.80. The van der Waals surface area contributed by atoms with Crippen molar-refractivity contribution in [2.45, 2.75) is 38.6 Å². The molecule has 1 unspecified atom stereocenters. The molecule has 2 aromatic carbocycles. The van der Waals surface area contributed by atoms with Crippen LogP contribution < -0.4 is 22.5 Å². The van der Waals surface area contributed by atoms with E-state index in [0.29, 0.717) is 53.5 Å². The Balaban J connectivity index is 0.00000248. The molecule has 230 valence electrons. The molecule has 0 spiro atoms. The SMILES string of the molecule is C=C.COCC(NCCCN=C(C)N)c1ccc(-n2cc3cc(-c4cc(CCCCN)cc(Cl)c4F)[nH]c3nc2=O)cc1. The third kappa shape index (κ3) is 9.08. The quantitative estimate of drug-likeness (QED) is 0.0663. The number of fused-ring (bicyclic) bond motifs is 1. The summed E-state index contributed by atoms with van der Waals surface area (Å²) in [6, 6.07) is 12.8. The van der Waals surface area contributed by atoms with Gasteiger partial charge < -0.3 is 26.5 Å². The minimum Gasteiger partial charge on any atom is -0.388 e. The van der Waals surface area contributed by atoms with E-state index in [1.807, 2.05) is 24.3 Å². The monoisotopic (exact) mass is 609 g/mol. The molecule has 1 atom stereocenters. The van der Waals surface area contributed by atoms with Crippen LogP contribution in [0.4, 0.5) is 4.39 Å². The van der Waals surface area contributed by atoms with E-state index in [4.69, 9.17) is 27.8 Å². The molecule has 4 rings (SSSR count). The zero-order valence-corrected chi connectivity index (χ0v) is 25.6. The Morgan fingerprint density at radius 1 is 1.21 bits per heavy atom. The fraction of sp³-hybridized carbons (Fsp3) is 0.344. The van der Waals surface area contributed by atoms with Crippen LogP contribution >= 0.6 is 11.6 Å². The third-order valence-corrected chi connectivity index (χ3v) is 7.07. The van der Waals surface area contributed by atoms with Crippen LogP contribution in [0.2, 0.25) is 5.02 Å². The number of benzene rings is 2. The highest BCUT2D eigenvalue weighted by atomic mass is 35.5. The summed E-state index contributed by atoms with van der Waals surface area (Å²) in [5.74, 6) is 0.0562. The highest BCUT2D eigenvalue weighted by Crippen LogP contribution is 2.31. The van der Waals surface area contributed by atoms with Crippen molar-refractivity contribution in [1.82, 2.24) is 19.9 Å². The molecular weight excluding hydrogens is 569 g/mol. The van der Waals surface area contributed by atoms with Gasteiger partial charge in [-0.1, -0.05) is 23.7 Å². The van der Waals surface area contributed by atoms with Gasteiger partial charge in [0.1, 0.15) is 5.65 Å². The molecular formula is C32H41ClFN7O2. The smallest absolute Gasteiger partial charge is 0.354 e. The maximum absolute atomic E-state index is 15.0. The molecule has 0 aliphatic heterocycles. The highest BCUT2D eigenvalue weighted by Gasteiger charge is 2.16. The minimum absolute atomic E-state index is 0.0191. The van der Waals surface area contributed by atoms with Crippen LogP contribution in [0.3, 0.4) is 0 Å². The summed E-state index contributed by atoms with van der Waals surface area (Å²) in [6.07, 6.45) is 5.06. The number of nitrogens with one attached hydrogen (secondary N) is 2. The van der Waals surface area contributed by atoms with Crippen LogP contribution in [0.15, 0.2) is 71.6 Å².